The first-order valence-electron chi connectivity index (χ1n) is 6.33. The molecule has 0 saturated heterocycles. The lowest BCUT2D eigenvalue weighted by Crippen LogP contribution is -2.23. The van der Waals surface area contributed by atoms with Crippen LogP contribution in [0, 0.1) is 5.41 Å². The second-order valence-corrected chi connectivity index (χ2v) is 6.60. The summed E-state index contributed by atoms with van der Waals surface area (Å²) >= 11 is 7.20. The third-order valence-electron chi connectivity index (χ3n) is 3.62. The molecular weight excluding hydrogens is 344 g/mol. The molecule has 0 radical (unpaired) electrons. The summed E-state index contributed by atoms with van der Waals surface area (Å²) in [4.78, 5) is 0. The van der Waals surface area contributed by atoms with E-state index in [-0.39, 0.29) is 5.41 Å². The average molecular weight is 364 g/mol. The quantitative estimate of drug-likeness (QED) is 0.711. The molecule has 96 valence electrons. The minimum absolute atomic E-state index is 0.259. The standard InChI is InChI=1S/C13H20Br2N2/c1-13(9-14,10-15)8-11-6-7-17(16-11)12-4-2-3-5-12/h6-7,12H,2-5,8-10H2,1H3. The summed E-state index contributed by atoms with van der Waals surface area (Å²) in [5.74, 6) is 0. The van der Waals surface area contributed by atoms with Crippen LogP contribution in [-0.2, 0) is 6.42 Å². The zero-order valence-corrected chi connectivity index (χ0v) is 13.5. The fourth-order valence-electron chi connectivity index (χ4n) is 2.41. The predicted octanol–water partition coefficient (Wildman–Crippen LogP) is 4.34. The Bertz CT molecular complexity index is 352. The van der Waals surface area contributed by atoms with Crippen LogP contribution < -0.4 is 0 Å². The van der Waals surface area contributed by atoms with Crippen molar-refractivity contribution in [1.29, 1.82) is 0 Å². The van der Waals surface area contributed by atoms with Crippen LogP contribution in [0.1, 0.15) is 44.3 Å². The number of hydrogen-bond donors (Lipinski definition) is 0. The highest BCUT2D eigenvalue weighted by Gasteiger charge is 2.24. The lowest BCUT2D eigenvalue weighted by atomic mass is 9.90. The SMILES string of the molecule is CC(CBr)(CBr)Cc1ccn(C2CCCC2)n1. The number of aromatic nitrogens is 2. The van der Waals surface area contributed by atoms with E-state index in [0.717, 1.165) is 17.1 Å². The molecule has 1 aromatic rings. The maximum atomic E-state index is 4.75. The number of rotatable bonds is 5. The van der Waals surface area contributed by atoms with E-state index in [4.69, 9.17) is 5.10 Å². The average Bonchev–Trinajstić information content (AvgIpc) is 2.98. The lowest BCUT2D eigenvalue weighted by Gasteiger charge is -2.23. The van der Waals surface area contributed by atoms with Crippen molar-refractivity contribution in [2.45, 2.75) is 45.1 Å². The summed E-state index contributed by atoms with van der Waals surface area (Å²) < 4.78 is 2.19. The van der Waals surface area contributed by atoms with Gasteiger partial charge in [-0.05, 0) is 30.7 Å². The Morgan fingerprint density at radius 2 is 2.00 bits per heavy atom. The minimum atomic E-state index is 0.259. The van der Waals surface area contributed by atoms with Gasteiger partial charge in [0, 0.05) is 16.9 Å². The van der Waals surface area contributed by atoms with Gasteiger partial charge in [0.15, 0.2) is 0 Å². The highest BCUT2D eigenvalue weighted by Crippen LogP contribution is 2.30. The van der Waals surface area contributed by atoms with Gasteiger partial charge in [-0.3, -0.25) is 4.68 Å². The molecule has 1 fully saturated rings. The lowest BCUT2D eigenvalue weighted by molar-refractivity contribution is 0.418. The highest BCUT2D eigenvalue weighted by atomic mass is 79.9. The summed E-state index contributed by atoms with van der Waals surface area (Å²) in [5.41, 5.74) is 1.48. The summed E-state index contributed by atoms with van der Waals surface area (Å²) in [5, 5.41) is 6.75. The van der Waals surface area contributed by atoms with Crippen LogP contribution in [0.5, 0.6) is 0 Å². The molecule has 1 aliphatic carbocycles. The van der Waals surface area contributed by atoms with E-state index in [0.29, 0.717) is 6.04 Å². The van der Waals surface area contributed by atoms with E-state index >= 15 is 0 Å². The number of halogens is 2. The van der Waals surface area contributed by atoms with Gasteiger partial charge in [0.2, 0.25) is 0 Å². The topological polar surface area (TPSA) is 17.8 Å². The zero-order chi connectivity index (χ0) is 12.3. The molecular formula is C13H20Br2N2. The molecule has 1 aliphatic rings. The molecule has 2 rings (SSSR count). The van der Waals surface area contributed by atoms with Crippen LogP contribution in [0.25, 0.3) is 0 Å². The van der Waals surface area contributed by atoms with E-state index < -0.39 is 0 Å². The Balaban J connectivity index is 2.02. The first kappa shape index (κ1) is 13.6. The van der Waals surface area contributed by atoms with Crippen LogP contribution in [-0.4, -0.2) is 20.4 Å². The van der Waals surface area contributed by atoms with Gasteiger partial charge in [0.05, 0.1) is 11.7 Å². The third-order valence-corrected chi connectivity index (χ3v) is 6.32. The van der Waals surface area contributed by atoms with E-state index in [1.807, 2.05) is 0 Å². The Kier molecular flexibility index (Phi) is 4.70. The van der Waals surface area contributed by atoms with Crippen molar-refractivity contribution in [2.75, 3.05) is 10.7 Å². The van der Waals surface area contributed by atoms with Crippen molar-refractivity contribution >= 4 is 31.9 Å². The van der Waals surface area contributed by atoms with Crippen molar-refractivity contribution in [3.05, 3.63) is 18.0 Å². The van der Waals surface area contributed by atoms with Crippen molar-refractivity contribution in [3.8, 4) is 0 Å². The van der Waals surface area contributed by atoms with Crippen molar-refractivity contribution in [3.63, 3.8) is 0 Å². The summed E-state index contributed by atoms with van der Waals surface area (Å²) in [6.45, 7) is 2.28. The molecule has 1 saturated carbocycles. The first-order valence-corrected chi connectivity index (χ1v) is 8.57. The molecule has 1 heterocycles. The Hall–Kier alpha value is 0.170. The van der Waals surface area contributed by atoms with E-state index in [2.05, 4.69) is 55.7 Å². The van der Waals surface area contributed by atoms with Gasteiger partial charge in [-0.1, -0.05) is 51.6 Å². The van der Waals surface area contributed by atoms with Crippen LogP contribution in [0.2, 0.25) is 0 Å². The minimum Gasteiger partial charge on any atom is -0.269 e. The fourth-order valence-corrected chi connectivity index (χ4v) is 3.74. The molecule has 0 aromatic carbocycles. The largest absolute Gasteiger partial charge is 0.269 e. The monoisotopic (exact) mass is 362 g/mol. The van der Waals surface area contributed by atoms with Crippen molar-refractivity contribution in [1.82, 2.24) is 9.78 Å². The molecule has 1 aromatic heterocycles. The molecule has 17 heavy (non-hydrogen) atoms. The summed E-state index contributed by atoms with van der Waals surface area (Å²) in [7, 11) is 0. The van der Waals surface area contributed by atoms with Gasteiger partial charge in [0.1, 0.15) is 0 Å². The Labute approximate surface area is 120 Å². The maximum absolute atomic E-state index is 4.75. The molecule has 0 aliphatic heterocycles. The van der Waals surface area contributed by atoms with Crippen molar-refractivity contribution in [2.24, 2.45) is 5.41 Å². The Morgan fingerprint density at radius 3 is 2.59 bits per heavy atom. The van der Waals surface area contributed by atoms with Crippen LogP contribution in [0.15, 0.2) is 12.3 Å². The maximum Gasteiger partial charge on any atom is 0.0630 e. The van der Waals surface area contributed by atoms with Gasteiger partial charge in [0.25, 0.3) is 0 Å². The molecule has 0 amide bonds. The zero-order valence-electron chi connectivity index (χ0n) is 10.3. The summed E-state index contributed by atoms with van der Waals surface area (Å²) in [6.07, 6.45) is 8.52. The first-order chi connectivity index (χ1) is 8.17. The number of hydrogen-bond acceptors (Lipinski definition) is 1. The second-order valence-electron chi connectivity index (χ2n) is 5.48. The van der Waals surface area contributed by atoms with E-state index in [1.165, 1.54) is 31.4 Å². The van der Waals surface area contributed by atoms with Crippen molar-refractivity contribution < 1.29 is 0 Å². The Morgan fingerprint density at radius 1 is 1.35 bits per heavy atom. The van der Waals surface area contributed by atoms with E-state index in [1.54, 1.807) is 0 Å². The number of nitrogens with zero attached hydrogens (tertiary/aromatic N) is 2. The molecule has 0 unspecified atom stereocenters. The predicted molar refractivity (Wildman–Crippen MR) is 79.1 cm³/mol. The number of alkyl halides is 2. The summed E-state index contributed by atoms with van der Waals surface area (Å²) in [6, 6.07) is 2.84. The molecule has 4 heteroatoms. The smallest absolute Gasteiger partial charge is 0.0630 e. The molecule has 0 atom stereocenters. The highest BCUT2D eigenvalue weighted by molar-refractivity contribution is 9.09. The van der Waals surface area contributed by atoms with Gasteiger partial charge in [-0.15, -0.1) is 0 Å². The van der Waals surface area contributed by atoms with Gasteiger partial charge >= 0.3 is 0 Å². The normalized spacial score (nSPS) is 17.8. The van der Waals surface area contributed by atoms with Gasteiger partial charge in [-0.2, -0.15) is 5.10 Å². The van der Waals surface area contributed by atoms with Crippen LogP contribution in [0.4, 0.5) is 0 Å². The van der Waals surface area contributed by atoms with Crippen LogP contribution in [0.3, 0.4) is 0 Å². The van der Waals surface area contributed by atoms with E-state index in [9.17, 15) is 0 Å². The molecule has 2 nitrogen and oxygen atoms in total. The molecule has 0 spiro atoms. The second kappa shape index (κ2) is 5.87. The fraction of sp³-hybridized carbons (Fsp3) is 0.769. The van der Waals surface area contributed by atoms with Crippen LogP contribution >= 0.6 is 31.9 Å². The molecule has 0 N–H and O–H groups in total. The van der Waals surface area contributed by atoms with Gasteiger partial charge < -0.3 is 0 Å². The third kappa shape index (κ3) is 3.34. The molecule has 0 bridgehead atoms. The van der Waals surface area contributed by atoms with Gasteiger partial charge in [-0.25, -0.2) is 0 Å².